The first kappa shape index (κ1) is 18.5. The molecule has 26 heavy (non-hydrogen) atoms. The van der Waals surface area contributed by atoms with Crippen molar-refractivity contribution in [2.24, 2.45) is 0 Å². The van der Waals surface area contributed by atoms with Gasteiger partial charge >= 0.3 is 0 Å². The van der Waals surface area contributed by atoms with Crippen LogP contribution in [-0.4, -0.2) is 31.1 Å². The third-order valence-corrected chi connectivity index (χ3v) is 5.43. The standard InChI is InChI=1S/C20H20FNO3S/c1-13(23)14-5-8-19(17(21)11-14)26-12-20(24)22-9-3-4-15-10-16(25-2)6-7-18(15)22/h5-8,10-11H,3-4,9,12H2,1-2H3. The minimum atomic E-state index is -0.473. The number of hydrogen-bond donors (Lipinski definition) is 0. The molecular weight excluding hydrogens is 353 g/mol. The molecule has 2 aromatic carbocycles. The van der Waals surface area contributed by atoms with Gasteiger partial charge in [0.25, 0.3) is 0 Å². The molecular formula is C20H20FNO3S. The number of rotatable bonds is 5. The van der Waals surface area contributed by atoms with E-state index in [0.29, 0.717) is 17.0 Å². The van der Waals surface area contributed by atoms with Gasteiger partial charge in [-0.3, -0.25) is 9.59 Å². The zero-order valence-corrected chi connectivity index (χ0v) is 15.6. The number of nitrogens with zero attached hydrogens (tertiary/aromatic N) is 1. The van der Waals surface area contributed by atoms with E-state index in [2.05, 4.69) is 0 Å². The van der Waals surface area contributed by atoms with Gasteiger partial charge in [-0.1, -0.05) is 6.07 Å². The number of hydrogen-bond acceptors (Lipinski definition) is 4. The monoisotopic (exact) mass is 373 g/mol. The Balaban J connectivity index is 1.71. The first-order chi connectivity index (χ1) is 12.5. The van der Waals surface area contributed by atoms with Crippen molar-refractivity contribution >= 4 is 29.1 Å². The molecule has 136 valence electrons. The van der Waals surface area contributed by atoms with E-state index in [0.717, 1.165) is 41.6 Å². The van der Waals surface area contributed by atoms with E-state index in [1.54, 1.807) is 24.1 Å². The van der Waals surface area contributed by atoms with E-state index in [1.807, 2.05) is 18.2 Å². The highest BCUT2D eigenvalue weighted by Gasteiger charge is 2.23. The molecule has 0 aromatic heterocycles. The van der Waals surface area contributed by atoms with Crippen LogP contribution in [-0.2, 0) is 11.2 Å². The number of aryl methyl sites for hydroxylation is 1. The lowest BCUT2D eigenvalue weighted by Gasteiger charge is -2.29. The zero-order chi connectivity index (χ0) is 18.7. The number of fused-ring (bicyclic) bond motifs is 1. The smallest absolute Gasteiger partial charge is 0.237 e. The lowest BCUT2D eigenvalue weighted by Crippen LogP contribution is -2.36. The topological polar surface area (TPSA) is 46.6 Å². The van der Waals surface area contributed by atoms with Gasteiger partial charge in [-0.2, -0.15) is 0 Å². The summed E-state index contributed by atoms with van der Waals surface area (Å²) < 4.78 is 19.4. The number of amides is 1. The molecule has 2 aromatic rings. The summed E-state index contributed by atoms with van der Waals surface area (Å²) in [5.74, 6) is 0.203. The molecule has 0 saturated heterocycles. The van der Waals surface area contributed by atoms with Crippen molar-refractivity contribution in [3.8, 4) is 5.75 Å². The average molecular weight is 373 g/mol. The second-order valence-corrected chi connectivity index (χ2v) is 7.15. The second kappa shape index (κ2) is 7.91. The van der Waals surface area contributed by atoms with Crippen molar-refractivity contribution < 1.29 is 18.7 Å². The predicted molar refractivity (Wildman–Crippen MR) is 101 cm³/mol. The number of anilines is 1. The number of carbonyl (C=O) groups excluding carboxylic acids is 2. The molecule has 0 bridgehead atoms. The van der Waals surface area contributed by atoms with Crippen LogP contribution in [0.4, 0.5) is 10.1 Å². The molecule has 1 amide bonds. The molecule has 6 heteroatoms. The lowest BCUT2D eigenvalue weighted by atomic mass is 10.0. The fraction of sp³-hybridized carbons (Fsp3) is 0.300. The van der Waals surface area contributed by atoms with Crippen LogP contribution in [0, 0.1) is 5.82 Å². The van der Waals surface area contributed by atoms with E-state index in [4.69, 9.17) is 4.74 Å². The van der Waals surface area contributed by atoms with Crippen LogP contribution in [0.5, 0.6) is 5.75 Å². The lowest BCUT2D eigenvalue weighted by molar-refractivity contribution is -0.116. The molecule has 3 rings (SSSR count). The second-order valence-electron chi connectivity index (χ2n) is 6.13. The Morgan fingerprint density at radius 2 is 2.04 bits per heavy atom. The van der Waals surface area contributed by atoms with Gasteiger partial charge in [0.15, 0.2) is 5.78 Å². The van der Waals surface area contributed by atoms with Crippen LogP contribution in [0.1, 0.15) is 29.3 Å². The summed E-state index contributed by atoms with van der Waals surface area (Å²) in [7, 11) is 1.62. The Morgan fingerprint density at radius 3 is 2.73 bits per heavy atom. The van der Waals surface area contributed by atoms with Gasteiger partial charge in [-0.15, -0.1) is 11.8 Å². The maximum absolute atomic E-state index is 14.1. The predicted octanol–water partition coefficient (Wildman–Crippen LogP) is 4.11. The summed E-state index contributed by atoms with van der Waals surface area (Å²) in [6.45, 7) is 2.05. The van der Waals surface area contributed by atoms with E-state index >= 15 is 0 Å². The number of Topliss-reactive ketones (excluding diaryl/α,β-unsaturated/α-hetero) is 1. The van der Waals surface area contributed by atoms with Crippen LogP contribution >= 0.6 is 11.8 Å². The third-order valence-electron chi connectivity index (χ3n) is 4.40. The fourth-order valence-corrected chi connectivity index (χ4v) is 3.81. The molecule has 1 heterocycles. The Hall–Kier alpha value is -2.34. The van der Waals surface area contributed by atoms with Crippen LogP contribution in [0.3, 0.4) is 0 Å². The molecule has 0 atom stereocenters. The fourth-order valence-electron chi connectivity index (χ4n) is 3.01. The molecule has 0 saturated carbocycles. The van der Waals surface area contributed by atoms with E-state index in [9.17, 15) is 14.0 Å². The minimum absolute atomic E-state index is 0.0591. The molecule has 1 aliphatic rings. The van der Waals surface area contributed by atoms with Crippen molar-refractivity contribution in [1.29, 1.82) is 0 Å². The Bertz CT molecular complexity index is 853. The molecule has 0 N–H and O–H groups in total. The van der Waals surface area contributed by atoms with Crippen molar-refractivity contribution in [3.63, 3.8) is 0 Å². The van der Waals surface area contributed by atoms with Crippen molar-refractivity contribution in [2.75, 3.05) is 24.3 Å². The summed E-state index contributed by atoms with van der Waals surface area (Å²) >= 11 is 1.15. The number of halogens is 1. The van der Waals surface area contributed by atoms with Gasteiger partial charge in [-0.05, 0) is 55.7 Å². The molecule has 0 spiro atoms. The maximum atomic E-state index is 14.1. The van der Waals surface area contributed by atoms with E-state index < -0.39 is 5.82 Å². The van der Waals surface area contributed by atoms with Gasteiger partial charge in [-0.25, -0.2) is 4.39 Å². The number of thioether (sulfide) groups is 1. The Morgan fingerprint density at radius 1 is 1.23 bits per heavy atom. The van der Waals surface area contributed by atoms with Crippen molar-refractivity contribution in [3.05, 3.63) is 53.3 Å². The molecule has 1 aliphatic heterocycles. The SMILES string of the molecule is COc1ccc2c(c1)CCCN2C(=O)CSc1ccc(C(C)=O)cc1F. The quantitative estimate of drug-likeness (QED) is 0.585. The molecule has 0 aliphatic carbocycles. The summed E-state index contributed by atoms with van der Waals surface area (Å²) in [4.78, 5) is 26.1. The van der Waals surface area contributed by atoms with Crippen LogP contribution in [0.15, 0.2) is 41.3 Å². The largest absolute Gasteiger partial charge is 0.497 e. The first-order valence-corrected chi connectivity index (χ1v) is 9.38. The van der Waals surface area contributed by atoms with E-state index in [1.165, 1.54) is 13.0 Å². The van der Waals surface area contributed by atoms with Gasteiger partial charge < -0.3 is 9.64 Å². The summed E-state index contributed by atoms with van der Waals surface area (Å²) in [6, 6.07) is 10.1. The minimum Gasteiger partial charge on any atom is -0.497 e. The summed E-state index contributed by atoms with van der Waals surface area (Å²) in [6.07, 6.45) is 1.79. The van der Waals surface area contributed by atoms with Gasteiger partial charge in [0.05, 0.1) is 12.9 Å². The van der Waals surface area contributed by atoms with Gasteiger partial charge in [0.2, 0.25) is 5.91 Å². The van der Waals surface area contributed by atoms with Crippen molar-refractivity contribution in [1.82, 2.24) is 0 Å². The third kappa shape index (κ3) is 3.90. The van der Waals surface area contributed by atoms with Gasteiger partial charge in [0.1, 0.15) is 11.6 Å². The summed E-state index contributed by atoms with van der Waals surface area (Å²) in [5.41, 5.74) is 2.32. The molecule has 0 unspecified atom stereocenters. The van der Waals surface area contributed by atoms with Crippen LogP contribution in [0.25, 0.3) is 0 Å². The van der Waals surface area contributed by atoms with Crippen LogP contribution < -0.4 is 9.64 Å². The highest BCUT2D eigenvalue weighted by atomic mass is 32.2. The number of methoxy groups -OCH3 is 1. The molecule has 4 nitrogen and oxygen atoms in total. The number of benzene rings is 2. The average Bonchev–Trinajstić information content (AvgIpc) is 2.65. The highest BCUT2D eigenvalue weighted by Crippen LogP contribution is 2.32. The maximum Gasteiger partial charge on any atom is 0.237 e. The number of ketones is 1. The molecule has 0 radical (unpaired) electrons. The zero-order valence-electron chi connectivity index (χ0n) is 14.8. The highest BCUT2D eigenvalue weighted by molar-refractivity contribution is 8.00. The number of carbonyl (C=O) groups is 2. The van der Waals surface area contributed by atoms with Crippen molar-refractivity contribution in [2.45, 2.75) is 24.7 Å². The summed E-state index contributed by atoms with van der Waals surface area (Å²) in [5, 5.41) is 0. The Kier molecular flexibility index (Phi) is 5.61. The Labute approximate surface area is 156 Å². The number of ether oxygens (including phenoxy) is 1. The van der Waals surface area contributed by atoms with Crippen LogP contribution in [0.2, 0.25) is 0 Å². The van der Waals surface area contributed by atoms with E-state index in [-0.39, 0.29) is 17.4 Å². The first-order valence-electron chi connectivity index (χ1n) is 8.40. The molecule has 0 fully saturated rings. The normalized spacial score (nSPS) is 13.3. The van der Waals surface area contributed by atoms with Gasteiger partial charge in [0, 0.05) is 22.7 Å².